The molecule has 0 radical (unpaired) electrons. The number of ether oxygens (including phenoxy) is 1. The van der Waals surface area contributed by atoms with Crippen LogP contribution in [0.3, 0.4) is 0 Å². The van der Waals surface area contributed by atoms with Crippen LogP contribution in [0.25, 0.3) is 11.1 Å². The average molecular weight is 441 g/mol. The minimum atomic E-state index is -0.512. The Labute approximate surface area is 194 Å². The number of aromatic hydroxyl groups is 3. The summed E-state index contributed by atoms with van der Waals surface area (Å²) in [4.78, 5) is 0. The average Bonchev–Trinajstić information content (AvgIpc) is 2.82. The fourth-order valence-electron chi connectivity index (χ4n) is 4.39. The van der Waals surface area contributed by atoms with Crippen molar-refractivity contribution in [1.82, 2.24) is 0 Å². The quantitative estimate of drug-likeness (QED) is 0.312. The van der Waals surface area contributed by atoms with Crippen LogP contribution in [0.4, 0.5) is 0 Å². The fourth-order valence-corrected chi connectivity index (χ4v) is 4.39. The van der Waals surface area contributed by atoms with Gasteiger partial charge in [-0.15, -0.1) is 0 Å². The fraction of sp³-hybridized carbons (Fsp3) is 0.172. The first-order valence-corrected chi connectivity index (χ1v) is 10.8. The molecular weight excluding hydrogens is 412 g/mol. The molecule has 0 aromatic heterocycles. The maximum atomic E-state index is 10.3. The molecule has 0 aliphatic heterocycles. The molecule has 168 valence electrons. The largest absolute Gasteiger partial charge is 0.508 e. The Morgan fingerprint density at radius 2 is 1.15 bits per heavy atom. The topological polar surface area (TPSA) is 69.9 Å². The van der Waals surface area contributed by atoms with Gasteiger partial charge in [-0.05, 0) is 84.0 Å². The summed E-state index contributed by atoms with van der Waals surface area (Å²) in [5, 5.41) is 30.1. The van der Waals surface area contributed by atoms with Crippen LogP contribution in [-0.2, 0) is 5.41 Å². The summed E-state index contributed by atoms with van der Waals surface area (Å²) in [6.45, 7) is 5.97. The van der Waals surface area contributed by atoms with Crippen LogP contribution in [0, 0.1) is 13.8 Å². The minimum absolute atomic E-state index is 0.107. The van der Waals surface area contributed by atoms with E-state index in [2.05, 4.69) is 31.2 Å². The molecule has 0 saturated heterocycles. The summed E-state index contributed by atoms with van der Waals surface area (Å²) < 4.78 is 5.25. The number of rotatable bonds is 5. The Morgan fingerprint density at radius 3 is 1.70 bits per heavy atom. The molecule has 0 heterocycles. The molecule has 4 rings (SSSR count). The summed E-state index contributed by atoms with van der Waals surface area (Å²) in [6, 6.07) is 24.9. The van der Waals surface area contributed by atoms with Crippen molar-refractivity contribution in [2.24, 2.45) is 0 Å². The Balaban J connectivity index is 1.86. The van der Waals surface area contributed by atoms with Gasteiger partial charge in [0.25, 0.3) is 0 Å². The lowest BCUT2D eigenvalue weighted by atomic mass is 9.70. The van der Waals surface area contributed by atoms with Gasteiger partial charge in [0, 0.05) is 5.41 Å². The zero-order valence-corrected chi connectivity index (χ0v) is 19.3. The highest BCUT2D eigenvalue weighted by Crippen LogP contribution is 2.42. The number of phenolic OH excluding ortho intramolecular Hbond substituents is 3. The molecule has 33 heavy (non-hydrogen) atoms. The van der Waals surface area contributed by atoms with Crippen LogP contribution in [0.2, 0.25) is 0 Å². The molecule has 4 heteroatoms. The zero-order valence-electron chi connectivity index (χ0n) is 19.3. The lowest BCUT2D eigenvalue weighted by molar-refractivity contribution is 0.373. The molecule has 1 atom stereocenters. The van der Waals surface area contributed by atoms with Gasteiger partial charge in [-0.3, -0.25) is 0 Å². The predicted molar refractivity (Wildman–Crippen MR) is 131 cm³/mol. The van der Waals surface area contributed by atoms with Crippen LogP contribution in [0.1, 0.15) is 34.7 Å². The van der Waals surface area contributed by atoms with E-state index in [0.29, 0.717) is 11.5 Å². The highest BCUT2D eigenvalue weighted by Gasteiger charge is 2.32. The van der Waals surface area contributed by atoms with Gasteiger partial charge in [0.15, 0.2) is 11.5 Å². The van der Waals surface area contributed by atoms with Gasteiger partial charge in [0.1, 0.15) is 11.5 Å². The molecule has 0 bridgehead atoms. The monoisotopic (exact) mass is 440 g/mol. The zero-order chi connectivity index (χ0) is 23.8. The first-order valence-electron chi connectivity index (χ1n) is 10.8. The first kappa shape index (κ1) is 22.3. The Hall–Kier alpha value is -3.92. The molecule has 0 aliphatic carbocycles. The van der Waals surface area contributed by atoms with E-state index in [9.17, 15) is 15.3 Å². The molecule has 0 spiro atoms. The maximum absolute atomic E-state index is 10.3. The molecule has 4 nitrogen and oxygen atoms in total. The SMILES string of the molecule is COc1cc(-c2ccc(C(C)(c3ccc(O)cc3)c3cc(C)c(O)c(C)c3)cc2)ccc1O. The number of phenols is 3. The first-order chi connectivity index (χ1) is 15.7. The molecule has 4 aromatic rings. The maximum Gasteiger partial charge on any atom is 0.161 e. The van der Waals surface area contributed by atoms with E-state index < -0.39 is 5.41 Å². The highest BCUT2D eigenvalue weighted by molar-refractivity contribution is 5.68. The number of aryl methyl sites for hydroxylation is 2. The van der Waals surface area contributed by atoms with Crippen molar-refractivity contribution < 1.29 is 20.1 Å². The van der Waals surface area contributed by atoms with Crippen molar-refractivity contribution in [2.45, 2.75) is 26.2 Å². The second kappa shape index (κ2) is 8.55. The van der Waals surface area contributed by atoms with Crippen molar-refractivity contribution in [3.8, 4) is 34.1 Å². The molecule has 0 amide bonds. The van der Waals surface area contributed by atoms with E-state index in [1.165, 1.54) is 7.11 Å². The number of methoxy groups -OCH3 is 1. The molecule has 0 fully saturated rings. The number of hydrogen-bond donors (Lipinski definition) is 3. The molecule has 0 aliphatic rings. The Kier molecular flexibility index (Phi) is 5.77. The van der Waals surface area contributed by atoms with E-state index in [1.807, 2.05) is 50.2 Å². The van der Waals surface area contributed by atoms with Crippen molar-refractivity contribution >= 4 is 0 Å². The van der Waals surface area contributed by atoms with Gasteiger partial charge < -0.3 is 20.1 Å². The predicted octanol–water partition coefficient (Wildman–Crippen LogP) is 6.45. The van der Waals surface area contributed by atoms with Crippen molar-refractivity contribution in [2.75, 3.05) is 7.11 Å². The molecule has 3 N–H and O–H groups in total. The van der Waals surface area contributed by atoms with E-state index in [4.69, 9.17) is 4.74 Å². The second-order valence-corrected chi connectivity index (χ2v) is 8.59. The van der Waals surface area contributed by atoms with Gasteiger partial charge in [0.2, 0.25) is 0 Å². The van der Waals surface area contributed by atoms with E-state index in [0.717, 1.165) is 38.9 Å². The van der Waals surface area contributed by atoms with Gasteiger partial charge in [-0.2, -0.15) is 0 Å². The van der Waals surface area contributed by atoms with E-state index >= 15 is 0 Å². The third-order valence-electron chi connectivity index (χ3n) is 6.49. The molecule has 4 aromatic carbocycles. The van der Waals surface area contributed by atoms with Crippen LogP contribution in [0.5, 0.6) is 23.0 Å². The van der Waals surface area contributed by atoms with E-state index in [1.54, 1.807) is 18.2 Å². The van der Waals surface area contributed by atoms with Crippen LogP contribution >= 0.6 is 0 Å². The van der Waals surface area contributed by atoms with Crippen molar-refractivity contribution in [3.63, 3.8) is 0 Å². The lowest BCUT2D eigenvalue weighted by Gasteiger charge is -2.33. The third-order valence-corrected chi connectivity index (χ3v) is 6.49. The summed E-state index contributed by atoms with van der Waals surface area (Å²) in [6.07, 6.45) is 0. The van der Waals surface area contributed by atoms with Crippen molar-refractivity contribution in [1.29, 1.82) is 0 Å². The van der Waals surface area contributed by atoms with Gasteiger partial charge in [-0.25, -0.2) is 0 Å². The summed E-state index contributed by atoms with van der Waals surface area (Å²) in [7, 11) is 1.53. The summed E-state index contributed by atoms with van der Waals surface area (Å²) >= 11 is 0. The van der Waals surface area contributed by atoms with Crippen LogP contribution in [-0.4, -0.2) is 22.4 Å². The van der Waals surface area contributed by atoms with Gasteiger partial charge in [-0.1, -0.05) is 54.6 Å². The van der Waals surface area contributed by atoms with E-state index in [-0.39, 0.29) is 11.5 Å². The molecule has 0 saturated carbocycles. The second-order valence-electron chi connectivity index (χ2n) is 8.59. The van der Waals surface area contributed by atoms with Crippen molar-refractivity contribution in [3.05, 3.63) is 107 Å². The van der Waals surface area contributed by atoms with Gasteiger partial charge in [0.05, 0.1) is 7.11 Å². The normalized spacial score (nSPS) is 12.8. The minimum Gasteiger partial charge on any atom is -0.508 e. The summed E-state index contributed by atoms with van der Waals surface area (Å²) in [5.41, 5.74) is 6.24. The Morgan fingerprint density at radius 1 is 0.636 bits per heavy atom. The van der Waals surface area contributed by atoms with Gasteiger partial charge >= 0.3 is 0 Å². The summed E-state index contributed by atoms with van der Waals surface area (Å²) in [5.74, 6) is 1.07. The number of benzene rings is 4. The lowest BCUT2D eigenvalue weighted by Crippen LogP contribution is -2.25. The highest BCUT2D eigenvalue weighted by atomic mass is 16.5. The molecular formula is C29H28O4. The van der Waals surface area contributed by atoms with Crippen LogP contribution < -0.4 is 4.74 Å². The third kappa shape index (κ3) is 4.00. The smallest absolute Gasteiger partial charge is 0.161 e. The number of hydrogen-bond acceptors (Lipinski definition) is 4. The standard InChI is InChI=1S/C29H28O4/c1-18-15-24(16-19(2)28(18)32)29(3,23-10-12-25(30)13-11-23)22-8-5-20(6-9-22)21-7-14-26(31)27(17-21)33-4/h5-17,30-32H,1-4H3. The van der Waals surface area contributed by atoms with Crippen LogP contribution in [0.15, 0.2) is 78.9 Å². The Bertz CT molecular complexity index is 1270. The molecule has 1 unspecified atom stereocenters.